The molecule has 7 heteroatoms. The highest BCUT2D eigenvalue weighted by Crippen LogP contribution is 2.16. The van der Waals surface area contributed by atoms with Crippen molar-refractivity contribution < 1.29 is 19.1 Å². The van der Waals surface area contributed by atoms with Crippen molar-refractivity contribution in [1.29, 1.82) is 0 Å². The van der Waals surface area contributed by atoms with Crippen LogP contribution in [0.1, 0.15) is 30.5 Å². The summed E-state index contributed by atoms with van der Waals surface area (Å²) in [5.74, 6) is -1.06. The van der Waals surface area contributed by atoms with E-state index in [0.717, 1.165) is 5.56 Å². The van der Waals surface area contributed by atoms with Gasteiger partial charge in [0.05, 0.1) is 32.0 Å². The smallest absolute Gasteiger partial charge is 0.308 e. The van der Waals surface area contributed by atoms with Gasteiger partial charge in [-0.15, -0.1) is 0 Å². The Balaban J connectivity index is 1.89. The first kappa shape index (κ1) is 20.1. The molecule has 142 valence electrons. The highest BCUT2D eigenvalue weighted by molar-refractivity contribution is 5.86. The topological polar surface area (TPSA) is 97.4 Å². The Morgan fingerprint density at radius 1 is 1.07 bits per heavy atom. The van der Waals surface area contributed by atoms with Crippen LogP contribution in [-0.2, 0) is 25.5 Å². The number of pyridine rings is 1. The van der Waals surface area contributed by atoms with Crippen molar-refractivity contribution in [3.63, 3.8) is 0 Å². The van der Waals surface area contributed by atoms with Gasteiger partial charge in [0.1, 0.15) is 0 Å². The molecular formula is C20H23N3O4. The van der Waals surface area contributed by atoms with E-state index in [-0.39, 0.29) is 31.9 Å². The van der Waals surface area contributed by atoms with Gasteiger partial charge in [-0.05, 0) is 24.1 Å². The first-order valence-corrected chi connectivity index (χ1v) is 8.74. The summed E-state index contributed by atoms with van der Waals surface area (Å²) in [6, 6.07) is 12.2. The Kier molecular flexibility index (Phi) is 7.96. The van der Waals surface area contributed by atoms with Crippen LogP contribution >= 0.6 is 0 Å². The molecule has 2 N–H and O–H groups in total. The number of rotatable bonds is 9. The van der Waals surface area contributed by atoms with E-state index in [1.807, 2.05) is 30.3 Å². The molecular weight excluding hydrogens is 346 g/mol. The fourth-order valence-corrected chi connectivity index (χ4v) is 2.49. The zero-order chi connectivity index (χ0) is 19.5. The van der Waals surface area contributed by atoms with Crippen molar-refractivity contribution in [2.24, 2.45) is 0 Å². The van der Waals surface area contributed by atoms with E-state index in [1.165, 1.54) is 0 Å². The average Bonchev–Trinajstić information content (AvgIpc) is 2.67. The maximum Gasteiger partial charge on any atom is 0.308 e. The molecule has 0 saturated heterocycles. The SMILES string of the molecule is CCOC(=O)CC(NC(=O)CNC(=O)Cc1ccccc1)c1cccnc1. The van der Waals surface area contributed by atoms with Crippen molar-refractivity contribution in [3.8, 4) is 0 Å². The fourth-order valence-electron chi connectivity index (χ4n) is 2.49. The molecule has 0 radical (unpaired) electrons. The van der Waals surface area contributed by atoms with Gasteiger partial charge in [0.25, 0.3) is 0 Å². The lowest BCUT2D eigenvalue weighted by atomic mass is 10.1. The van der Waals surface area contributed by atoms with E-state index in [2.05, 4.69) is 15.6 Å². The Labute approximate surface area is 158 Å². The standard InChI is InChI=1S/C20H23N3O4/c1-2-27-20(26)12-17(16-9-6-10-21-13-16)23-19(25)14-22-18(24)11-15-7-4-3-5-8-15/h3-10,13,17H,2,11-12,14H2,1H3,(H,22,24)(H,23,25). The minimum absolute atomic E-state index is 0.0107. The van der Waals surface area contributed by atoms with E-state index >= 15 is 0 Å². The number of hydrogen-bond donors (Lipinski definition) is 2. The molecule has 1 aromatic carbocycles. The van der Waals surface area contributed by atoms with Crippen LogP contribution in [-0.4, -0.2) is 35.9 Å². The number of ether oxygens (including phenoxy) is 1. The van der Waals surface area contributed by atoms with Crippen LogP contribution in [0.15, 0.2) is 54.9 Å². The van der Waals surface area contributed by atoms with Crippen LogP contribution < -0.4 is 10.6 Å². The number of esters is 1. The normalized spacial score (nSPS) is 11.3. The second-order valence-electron chi connectivity index (χ2n) is 5.85. The van der Waals surface area contributed by atoms with Crippen molar-refractivity contribution >= 4 is 17.8 Å². The van der Waals surface area contributed by atoms with Gasteiger partial charge in [-0.2, -0.15) is 0 Å². The van der Waals surface area contributed by atoms with Gasteiger partial charge in [0.2, 0.25) is 11.8 Å². The summed E-state index contributed by atoms with van der Waals surface area (Å²) in [6.07, 6.45) is 3.38. The van der Waals surface area contributed by atoms with Crippen molar-refractivity contribution in [3.05, 3.63) is 66.0 Å². The number of aromatic nitrogens is 1. The Morgan fingerprint density at radius 3 is 2.52 bits per heavy atom. The second kappa shape index (κ2) is 10.7. The summed E-state index contributed by atoms with van der Waals surface area (Å²) < 4.78 is 4.96. The number of nitrogens with zero attached hydrogens (tertiary/aromatic N) is 1. The molecule has 7 nitrogen and oxygen atoms in total. The molecule has 1 unspecified atom stereocenters. The van der Waals surface area contributed by atoms with E-state index in [0.29, 0.717) is 5.56 Å². The lowest BCUT2D eigenvalue weighted by Crippen LogP contribution is -2.39. The number of nitrogens with one attached hydrogen (secondary N) is 2. The number of amides is 2. The van der Waals surface area contributed by atoms with Crippen molar-refractivity contribution in [1.82, 2.24) is 15.6 Å². The molecule has 27 heavy (non-hydrogen) atoms. The molecule has 0 fully saturated rings. The molecule has 0 aliphatic heterocycles. The molecule has 0 spiro atoms. The Bertz CT molecular complexity index is 750. The summed E-state index contributed by atoms with van der Waals surface area (Å²) in [7, 11) is 0. The summed E-state index contributed by atoms with van der Waals surface area (Å²) in [6.45, 7) is 1.81. The van der Waals surface area contributed by atoms with Gasteiger partial charge < -0.3 is 15.4 Å². The summed E-state index contributed by atoms with van der Waals surface area (Å²) in [5.41, 5.74) is 1.56. The minimum atomic E-state index is -0.573. The third-order valence-electron chi connectivity index (χ3n) is 3.75. The van der Waals surface area contributed by atoms with Crippen LogP contribution in [0, 0.1) is 0 Å². The molecule has 1 heterocycles. The summed E-state index contributed by atoms with van der Waals surface area (Å²) >= 11 is 0. The van der Waals surface area contributed by atoms with E-state index in [9.17, 15) is 14.4 Å². The lowest BCUT2D eigenvalue weighted by Gasteiger charge is -2.18. The molecule has 0 aliphatic carbocycles. The number of carbonyl (C=O) groups excluding carboxylic acids is 3. The molecule has 2 aromatic rings. The molecule has 0 bridgehead atoms. The lowest BCUT2D eigenvalue weighted by molar-refractivity contribution is -0.144. The summed E-state index contributed by atoms with van der Waals surface area (Å²) in [5, 5.41) is 5.33. The van der Waals surface area contributed by atoms with Crippen LogP contribution in [0.25, 0.3) is 0 Å². The maximum absolute atomic E-state index is 12.2. The van der Waals surface area contributed by atoms with E-state index < -0.39 is 17.9 Å². The van der Waals surface area contributed by atoms with Crippen molar-refractivity contribution in [2.75, 3.05) is 13.2 Å². The quantitative estimate of drug-likeness (QED) is 0.654. The summed E-state index contributed by atoms with van der Waals surface area (Å²) in [4.78, 5) is 40.0. The predicted molar refractivity (Wildman–Crippen MR) is 99.5 cm³/mol. The highest BCUT2D eigenvalue weighted by Gasteiger charge is 2.19. The zero-order valence-corrected chi connectivity index (χ0v) is 15.2. The molecule has 0 saturated carbocycles. The number of benzene rings is 1. The molecule has 1 aromatic heterocycles. The van der Waals surface area contributed by atoms with Gasteiger partial charge in [-0.25, -0.2) is 0 Å². The molecule has 0 aliphatic rings. The predicted octanol–water partition coefficient (Wildman–Crippen LogP) is 1.55. The monoisotopic (exact) mass is 369 g/mol. The Morgan fingerprint density at radius 2 is 1.85 bits per heavy atom. The highest BCUT2D eigenvalue weighted by atomic mass is 16.5. The van der Waals surface area contributed by atoms with Gasteiger partial charge in [0.15, 0.2) is 0 Å². The van der Waals surface area contributed by atoms with E-state index in [4.69, 9.17) is 4.74 Å². The first-order chi connectivity index (χ1) is 13.1. The van der Waals surface area contributed by atoms with Gasteiger partial charge in [-0.1, -0.05) is 36.4 Å². The Hall–Kier alpha value is -3.22. The van der Waals surface area contributed by atoms with Gasteiger partial charge in [-0.3, -0.25) is 19.4 Å². The zero-order valence-electron chi connectivity index (χ0n) is 15.2. The largest absolute Gasteiger partial charge is 0.466 e. The third-order valence-corrected chi connectivity index (χ3v) is 3.75. The molecule has 2 amide bonds. The maximum atomic E-state index is 12.2. The molecule has 1 atom stereocenters. The van der Waals surface area contributed by atoms with Crippen LogP contribution in [0.2, 0.25) is 0 Å². The number of carbonyl (C=O) groups is 3. The first-order valence-electron chi connectivity index (χ1n) is 8.74. The van der Waals surface area contributed by atoms with Crippen LogP contribution in [0.3, 0.4) is 0 Å². The van der Waals surface area contributed by atoms with Gasteiger partial charge in [0, 0.05) is 12.4 Å². The third kappa shape index (κ3) is 7.27. The average molecular weight is 369 g/mol. The van der Waals surface area contributed by atoms with E-state index in [1.54, 1.807) is 31.5 Å². The minimum Gasteiger partial charge on any atom is -0.466 e. The van der Waals surface area contributed by atoms with Crippen molar-refractivity contribution in [2.45, 2.75) is 25.8 Å². The molecule has 2 rings (SSSR count). The van der Waals surface area contributed by atoms with Gasteiger partial charge >= 0.3 is 5.97 Å². The second-order valence-corrected chi connectivity index (χ2v) is 5.85. The van der Waals surface area contributed by atoms with Crippen LogP contribution in [0.5, 0.6) is 0 Å². The fraction of sp³-hybridized carbons (Fsp3) is 0.300. The number of hydrogen-bond acceptors (Lipinski definition) is 5. The van der Waals surface area contributed by atoms with Crippen LogP contribution in [0.4, 0.5) is 0 Å².